The Kier molecular flexibility index (Phi) is 3.78. The molecule has 6 nitrogen and oxygen atoms in total. The maximum atomic E-state index is 10.4. The number of rotatable bonds is 6. The maximum Gasteiger partial charge on any atom is 0.217 e. The fourth-order valence-electron chi connectivity index (χ4n) is 1.05. The molecule has 76 valence electrons. The molecule has 1 rings (SSSR count). The number of aromatic nitrogens is 3. The van der Waals surface area contributed by atoms with Gasteiger partial charge < -0.3 is 5.73 Å². The van der Waals surface area contributed by atoms with Crippen LogP contribution in [0.25, 0.3) is 0 Å². The smallest absolute Gasteiger partial charge is 0.217 e. The average molecular weight is 196 g/mol. The van der Waals surface area contributed by atoms with Gasteiger partial charge in [0.2, 0.25) is 5.91 Å². The monoisotopic (exact) mass is 196 g/mol. The number of primary amides is 1. The summed E-state index contributed by atoms with van der Waals surface area (Å²) < 4.78 is 1.57. The molecule has 0 unspecified atom stereocenters. The average Bonchev–Trinajstić information content (AvgIpc) is 2.60. The van der Waals surface area contributed by atoms with Gasteiger partial charge >= 0.3 is 0 Å². The highest BCUT2D eigenvalue weighted by Crippen LogP contribution is 1.98. The normalized spacial score (nSPS) is 10.0. The van der Waals surface area contributed by atoms with Gasteiger partial charge in [0, 0.05) is 13.0 Å². The fraction of sp³-hybridized carbons (Fsp3) is 0.500. The van der Waals surface area contributed by atoms with E-state index in [-0.39, 0.29) is 5.91 Å². The molecule has 0 aliphatic heterocycles. The molecule has 0 aliphatic carbocycles. The highest BCUT2D eigenvalue weighted by Gasteiger charge is 1.99. The van der Waals surface area contributed by atoms with Gasteiger partial charge in [-0.1, -0.05) is 5.21 Å². The first kappa shape index (κ1) is 10.4. The van der Waals surface area contributed by atoms with Gasteiger partial charge in [-0.2, -0.15) is 0 Å². The lowest BCUT2D eigenvalue weighted by Gasteiger charge is -1.98. The summed E-state index contributed by atoms with van der Waals surface area (Å²) in [6, 6.07) is 0. The van der Waals surface area contributed by atoms with Crippen molar-refractivity contribution in [3.8, 4) is 0 Å². The lowest BCUT2D eigenvalue weighted by molar-refractivity contribution is -0.118. The Balaban J connectivity index is 2.24. The van der Waals surface area contributed by atoms with E-state index >= 15 is 0 Å². The maximum absolute atomic E-state index is 10.4. The molecule has 6 heteroatoms. The number of hydrogen-bond donors (Lipinski definition) is 1. The Morgan fingerprint density at radius 1 is 1.57 bits per heavy atom. The van der Waals surface area contributed by atoms with E-state index in [1.165, 1.54) is 0 Å². The molecular weight excluding hydrogens is 184 g/mol. The van der Waals surface area contributed by atoms with Crippen LogP contribution in [-0.2, 0) is 11.3 Å². The zero-order valence-corrected chi connectivity index (χ0v) is 7.72. The topological polar surface area (TPSA) is 90.9 Å². The Hall–Kier alpha value is -1.72. The molecule has 0 saturated carbocycles. The number of unbranched alkanes of at least 4 members (excludes halogenated alkanes) is 1. The van der Waals surface area contributed by atoms with Crippen LogP contribution < -0.4 is 5.73 Å². The van der Waals surface area contributed by atoms with Crippen LogP contribution in [0.2, 0.25) is 0 Å². The van der Waals surface area contributed by atoms with Crippen LogP contribution in [0.4, 0.5) is 0 Å². The second kappa shape index (κ2) is 5.11. The van der Waals surface area contributed by atoms with E-state index in [4.69, 9.17) is 5.73 Å². The van der Waals surface area contributed by atoms with E-state index in [2.05, 4.69) is 10.3 Å². The Morgan fingerprint density at radius 2 is 2.36 bits per heavy atom. The van der Waals surface area contributed by atoms with Crippen molar-refractivity contribution in [1.82, 2.24) is 15.0 Å². The molecule has 1 aromatic rings. The van der Waals surface area contributed by atoms with Crippen molar-refractivity contribution in [2.75, 3.05) is 0 Å². The van der Waals surface area contributed by atoms with Gasteiger partial charge in [0.15, 0.2) is 6.29 Å². The minimum atomic E-state index is -0.294. The predicted octanol–water partition coefficient (Wildman–Crippen LogP) is -0.254. The third-order valence-electron chi connectivity index (χ3n) is 1.74. The number of amides is 1. The molecular formula is C8H12N4O2. The number of nitrogens with zero attached hydrogens (tertiary/aromatic N) is 3. The van der Waals surface area contributed by atoms with Gasteiger partial charge in [-0.3, -0.25) is 14.3 Å². The molecule has 1 aromatic heterocycles. The van der Waals surface area contributed by atoms with Gasteiger partial charge in [-0.25, -0.2) is 0 Å². The van der Waals surface area contributed by atoms with E-state index in [1.807, 2.05) is 0 Å². The molecule has 0 aliphatic rings. The molecule has 0 saturated heterocycles. The molecule has 0 fully saturated rings. The van der Waals surface area contributed by atoms with Gasteiger partial charge in [-0.15, -0.1) is 5.10 Å². The third kappa shape index (κ3) is 3.34. The molecule has 0 bridgehead atoms. The van der Waals surface area contributed by atoms with E-state index in [0.717, 1.165) is 12.8 Å². The standard InChI is InChI=1S/C8H12N4O2/c9-8(14)3-1-2-4-12-5-7(6-13)10-11-12/h5-6H,1-4H2,(H2,9,14). The Bertz CT molecular complexity index is 321. The van der Waals surface area contributed by atoms with Crippen molar-refractivity contribution in [2.24, 2.45) is 5.73 Å². The zero-order chi connectivity index (χ0) is 10.4. The molecule has 2 N–H and O–H groups in total. The molecule has 0 radical (unpaired) electrons. The summed E-state index contributed by atoms with van der Waals surface area (Å²) in [6.07, 6.45) is 4.12. The number of aryl methyl sites for hydroxylation is 1. The highest BCUT2D eigenvalue weighted by molar-refractivity contribution is 5.73. The Morgan fingerprint density at radius 3 is 2.93 bits per heavy atom. The lowest BCUT2D eigenvalue weighted by Crippen LogP contribution is -2.10. The van der Waals surface area contributed by atoms with Gasteiger partial charge in [-0.05, 0) is 12.8 Å². The molecule has 14 heavy (non-hydrogen) atoms. The number of carbonyl (C=O) groups excluding carboxylic acids is 2. The van der Waals surface area contributed by atoms with Gasteiger partial charge in [0.1, 0.15) is 5.69 Å². The number of aldehydes is 1. The van der Waals surface area contributed by atoms with Crippen molar-refractivity contribution in [3.63, 3.8) is 0 Å². The van der Waals surface area contributed by atoms with Crippen LogP contribution in [0.5, 0.6) is 0 Å². The number of hydrogen-bond acceptors (Lipinski definition) is 4. The predicted molar refractivity (Wildman–Crippen MR) is 48.5 cm³/mol. The number of nitrogens with two attached hydrogens (primary N) is 1. The summed E-state index contributed by atoms with van der Waals surface area (Å²) >= 11 is 0. The van der Waals surface area contributed by atoms with E-state index < -0.39 is 0 Å². The van der Waals surface area contributed by atoms with Crippen LogP contribution in [0, 0.1) is 0 Å². The fourth-order valence-corrected chi connectivity index (χ4v) is 1.05. The summed E-state index contributed by atoms with van der Waals surface area (Å²) in [5, 5.41) is 7.32. The van der Waals surface area contributed by atoms with Crippen molar-refractivity contribution >= 4 is 12.2 Å². The second-order valence-corrected chi connectivity index (χ2v) is 2.95. The molecule has 0 atom stereocenters. The first-order valence-electron chi connectivity index (χ1n) is 4.36. The first-order valence-corrected chi connectivity index (χ1v) is 4.36. The molecule has 0 aromatic carbocycles. The van der Waals surface area contributed by atoms with Crippen LogP contribution in [0.1, 0.15) is 29.8 Å². The SMILES string of the molecule is NC(=O)CCCCn1cc(C=O)nn1. The van der Waals surface area contributed by atoms with Gasteiger partial charge in [0.25, 0.3) is 0 Å². The summed E-state index contributed by atoms with van der Waals surface area (Å²) in [5.74, 6) is -0.294. The third-order valence-corrected chi connectivity index (χ3v) is 1.74. The van der Waals surface area contributed by atoms with Crippen molar-refractivity contribution in [2.45, 2.75) is 25.8 Å². The quantitative estimate of drug-likeness (QED) is 0.501. The minimum Gasteiger partial charge on any atom is -0.370 e. The molecule has 1 heterocycles. The van der Waals surface area contributed by atoms with E-state index in [9.17, 15) is 9.59 Å². The largest absolute Gasteiger partial charge is 0.370 e. The van der Waals surface area contributed by atoms with Crippen LogP contribution in [0.3, 0.4) is 0 Å². The minimum absolute atomic E-state index is 0.294. The molecule has 0 spiro atoms. The second-order valence-electron chi connectivity index (χ2n) is 2.95. The van der Waals surface area contributed by atoms with Crippen LogP contribution >= 0.6 is 0 Å². The Labute approximate surface area is 81.1 Å². The first-order chi connectivity index (χ1) is 6.72. The van der Waals surface area contributed by atoms with E-state index in [1.54, 1.807) is 10.9 Å². The van der Waals surface area contributed by atoms with Crippen molar-refractivity contribution < 1.29 is 9.59 Å². The molecule has 1 amide bonds. The number of carbonyl (C=O) groups is 2. The van der Waals surface area contributed by atoms with Crippen molar-refractivity contribution in [3.05, 3.63) is 11.9 Å². The van der Waals surface area contributed by atoms with Crippen LogP contribution in [-0.4, -0.2) is 27.2 Å². The summed E-state index contributed by atoms with van der Waals surface area (Å²) in [7, 11) is 0. The van der Waals surface area contributed by atoms with Crippen LogP contribution in [0.15, 0.2) is 6.20 Å². The summed E-state index contributed by atoms with van der Waals surface area (Å²) in [6.45, 7) is 0.647. The summed E-state index contributed by atoms with van der Waals surface area (Å²) in [4.78, 5) is 20.7. The zero-order valence-electron chi connectivity index (χ0n) is 7.72. The van der Waals surface area contributed by atoms with Gasteiger partial charge in [0.05, 0.1) is 6.20 Å². The summed E-state index contributed by atoms with van der Waals surface area (Å²) in [5.41, 5.74) is 5.30. The highest BCUT2D eigenvalue weighted by atomic mass is 16.1. The lowest BCUT2D eigenvalue weighted by atomic mass is 10.2. The van der Waals surface area contributed by atoms with Crippen molar-refractivity contribution in [1.29, 1.82) is 0 Å². The van der Waals surface area contributed by atoms with E-state index in [0.29, 0.717) is 24.9 Å².